The predicted molar refractivity (Wildman–Crippen MR) is 86.9 cm³/mol. The quantitative estimate of drug-likeness (QED) is 0.588. The summed E-state index contributed by atoms with van der Waals surface area (Å²) in [4.78, 5) is -0.165. The maximum atomic E-state index is 11.0. The Balaban J connectivity index is 0.00000264. The monoisotopic (exact) mass is 340 g/mol. The van der Waals surface area contributed by atoms with Gasteiger partial charge in [0.15, 0.2) is 0 Å². The molecule has 2 unspecified atom stereocenters. The fourth-order valence-electron chi connectivity index (χ4n) is 2.79. The van der Waals surface area contributed by atoms with Crippen molar-refractivity contribution < 1.29 is 42.5 Å². The minimum Gasteiger partial charge on any atom is -0.744 e. The molecule has 0 aliphatic heterocycles. The van der Waals surface area contributed by atoms with Crippen LogP contribution in [0.15, 0.2) is 59.5 Å². The van der Waals surface area contributed by atoms with Gasteiger partial charge in [-0.1, -0.05) is 56.3 Å². The molecule has 118 valence electrons. The van der Waals surface area contributed by atoms with Gasteiger partial charge in [-0.05, 0) is 47.9 Å². The summed E-state index contributed by atoms with van der Waals surface area (Å²) in [6, 6.07) is 16.7. The van der Waals surface area contributed by atoms with Gasteiger partial charge in [0, 0.05) is 0 Å². The number of hydrogen-bond acceptors (Lipinski definition) is 3. The molecular formula is C18H21NaO3S. The normalized spacial score (nSPS) is 13.9. The van der Waals surface area contributed by atoms with E-state index in [1.54, 1.807) is 12.1 Å². The van der Waals surface area contributed by atoms with Crippen LogP contribution in [0.3, 0.4) is 0 Å². The van der Waals surface area contributed by atoms with Crippen LogP contribution in [-0.2, 0) is 10.1 Å². The van der Waals surface area contributed by atoms with Gasteiger partial charge in [-0.2, -0.15) is 0 Å². The average molecular weight is 340 g/mol. The minimum absolute atomic E-state index is 0. The molecule has 2 atom stereocenters. The van der Waals surface area contributed by atoms with Gasteiger partial charge in [0.2, 0.25) is 0 Å². The summed E-state index contributed by atoms with van der Waals surface area (Å²) in [5.74, 6) is 0.771. The van der Waals surface area contributed by atoms with E-state index in [0.717, 1.165) is 18.4 Å². The molecule has 0 spiro atoms. The van der Waals surface area contributed by atoms with E-state index in [-0.39, 0.29) is 34.5 Å². The van der Waals surface area contributed by atoms with Crippen molar-refractivity contribution >= 4 is 10.1 Å². The second-order valence-corrected chi connectivity index (χ2v) is 7.06. The van der Waals surface area contributed by atoms with E-state index in [4.69, 9.17) is 0 Å². The Morgan fingerprint density at radius 3 is 2.00 bits per heavy atom. The molecule has 0 aromatic heterocycles. The zero-order valence-corrected chi connectivity index (χ0v) is 16.7. The molecule has 0 heterocycles. The van der Waals surface area contributed by atoms with Crippen LogP contribution in [0.1, 0.15) is 49.7 Å². The van der Waals surface area contributed by atoms with Gasteiger partial charge in [-0.3, -0.25) is 0 Å². The van der Waals surface area contributed by atoms with Crippen LogP contribution in [0.5, 0.6) is 0 Å². The van der Waals surface area contributed by atoms with Crippen LogP contribution in [0.25, 0.3) is 0 Å². The average Bonchev–Trinajstić information content (AvgIpc) is 2.52. The van der Waals surface area contributed by atoms with E-state index in [2.05, 4.69) is 26.0 Å². The van der Waals surface area contributed by atoms with Crippen LogP contribution in [0.4, 0.5) is 0 Å². The van der Waals surface area contributed by atoms with Crippen molar-refractivity contribution in [3.8, 4) is 0 Å². The second-order valence-electron chi connectivity index (χ2n) is 5.68. The van der Waals surface area contributed by atoms with Gasteiger partial charge in [0.25, 0.3) is 0 Å². The largest absolute Gasteiger partial charge is 1.00 e. The first-order chi connectivity index (χ1) is 10.4. The van der Waals surface area contributed by atoms with E-state index >= 15 is 0 Å². The van der Waals surface area contributed by atoms with Gasteiger partial charge < -0.3 is 4.55 Å². The summed E-state index contributed by atoms with van der Waals surface area (Å²) in [7, 11) is -4.37. The van der Waals surface area contributed by atoms with Crippen molar-refractivity contribution in [3.05, 3.63) is 65.7 Å². The van der Waals surface area contributed by atoms with Gasteiger partial charge >= 0.3 is 29.6 Å². The number of benzene rings is 2. The fourth-order valence-corrected chi connectivity index (χ4v) is 3.26. The van der Waals surface area contributed by atoms with E-state index in [1.165, 1.54) is 17.7 Å². The Bertz CT molecular complexity index is 697. The molecule has 23 heavy (non-hydrogen) atoms. The van der Waals surface area contributed by atoms with E-state index < -0.39 is 10.1 Å². The van der Waals surface area contributed by atoms with Crippen molar-refractivity contribution in [1.82, 2.24) is 0 Å². The molecule has 0 bridgehead atoms. The molecule has 0 N–H and O–H groups in total. The van der Waals surface area contributed by atoms with Crippen molar-refractivity contribution in [1.29, 1.82) is 0 Å². The van der Waals surface area contributed by atoms with E-state index in [0.29, 0.717) is 11.8 Å². The third kappa shape index (κ3) is 5.73. The first-order valence-corrected chi connectivity index (χ1v) is 8.93. The first-order valence-electron chi connectivity index (χ1n) is 7.52. The van der Waals surface area contributed by atoms with Gasteiger partial charge in [-0.25, -0.2) is 8.42 Å². The Kier molecular flexibility index (Phi) is 7.98. The van der Waals surface area contributed by atoms with Gasteiger partial charge in [0.1, 0.15) is 10.1 Å². The fraction of sp³-hybridized carbons (Fsp3) is 0.333. The molecule has 0 saturated heterocycles. The molecule has 0 fully saturated rings. The molecule has 3 nitrogen and oxygen atoms in total. The van der Waals surface area contributed by atoms with Gasteiger partial charge in [0.05, 0.1) is 4.90 Å². The second kappa shape index (κ2) is 9.00. The zero-order chi connectivity index (χ0) is 16.2. The summed E-state index contributed by atoms with van der Waals surface area (Å²) in [5.41, 5.74) is 2.39. The Morgan fingerprint density at radius 1 is 0.957 bits per heavy atom. The Morgan fingerprint density at radius 2 is 1.52 bits per heavy atom. The summed E-state index contributed by atoms with van der Waals surface area (Å²) in [5, 5.41) is 0. The SMILES string of the molecule is CCC(CC(C)c1ccccc1)c1ccc(S(=O)(=O)[O-])cc1.[Na+]. The molecule has 0 aliphatic rings. The van der Waals surface area contributed by atoms with Crippen LogP contribution >= 0.6 is 0 Å². The van der Waals surface area contributed by atoms with Crippen LogP contribution < -0.4 is 29.6 Å². The van der Waals surface area contributed by atoms with Crippen molar-refractivity contribution in [3.63, 3.8) is 0 Å². The number of rotatable bonds is 6. The Labute approximate surface area is 161 Å². The molecule has 2 rings (SSSR count). The van der Waals surface area contributed by atoms with Crippen LogP contribution in [0.2, 0.25) is 0 Å². The Hall–Kier alpha value is -0.650. The summed E-state index contributed by atoms with van der Waals surface area (Å²) in [6.07, 6.45) is 1.96. The van der Waals surface area contributed by atoms with Crippen molar-refractivity contribution in [2.45, 2.75) is 43.4 Å². The maximum Gasteiger partial charge on any atom is 1.00 e. The smallest absolute Gasteiger partial charge is 0.744 e. The molecule has 0 aliphatic carbocycles. The molecule has 5 heteroatoms. The predicted octanol–water partition coefficient (Wildman–Crippen LogP) is 1.28. The van der Waals surface area contributed by atoms with E-state index in [9.17, 15) is 13.0 Å². The number of hydrogen-bond donors (Lipinski definition) is 0. The van der Waals surface area contributed by atoms with Crippen LogP contribution in [0, 0.1) is 0 Å². The third-order valence-corrected chi connectivity index (χ3v) is 4.99. The van der Waals surface area contributed by atoms with Crippen molar-refractivity contribution in [2.24, 2.45) is 0 Å². The van der Waals surface area contributed by atoms with E-state index in [1.807, 2.05) is 18.2 Å². The summed E-state index contributed by atoms with van der Waals surface area (Å²) in [6.45, 7) is 4.33. The molecule has 2 aromatic carbocycles. The molecule has 0 amide bonds. The molecule has 0 saturated carbocycles. The zero-order valence-electron chi connectivity index (χ0n) is 13.9. The summed E-state index contributed by atoms with van der Waals surface area (Å²) < 4.78 is 33.0. The maximum absolute atomic E-state index is 11.0. The standard InChI is InChI=1S/C18H22O3S.Na/c1-3-15(13-14(2)16-7-5-4-6-8-16)17-9-11-18(12-10-17)22(19,20)21;/h4-12,14-15H,3,13H2,1-2H3,(H,19,20,21);/q;+1/p-1. The minimum atomic E-state index is -4.37. The molecule has 0 radical (unpaired) electrons. The first kappa shape index (κ1) is 20.4. The van der Waals surface area contributed by atoms with Crippen molar-refractivity contribution in [2.75, 3.05) is 0 Å². The molecule has 2 aromatic rings. The van der Waals surface area contributed by atoms with Crippen LogP contribution in [-0.4, -0.2) is 13.0 Å². The van der Waals surface area contributed by atoms with Gasteiger partial charge in [-0.15, -0.1) is 0 Å². The summed E-state index contributed by atoms with van der Waals surface area (Å²) >= 11 is 0. The topological polar surface area (TPSA) is 57.2 Å². The third-order valence-electron chi connectivity index (χ3n) is 4.14. The molecular weight excluding hydrogens is 319 g/mol.